The lowest BCUT2D eigenvalue weighted by Gasteiger charge is -2.07. The molecule has 0 spiro atoms. The van der Waals surface area contributed by atoms with Crippen LogP contribution in [-0.4, -0.2) is 215 Å². The maximum Gasteiger partial charge on any atom is 0.490 e. The number of aromatic nitrogens is 10. The molecule has 14 N–H and O–H groups in total. The number of halogens is 4. The van der Waals surface area contributed by atoms with Crippen LogP contribution in [0.5, 0.6) is 0 Å². The van der Waals surface area contributed by atoms with Crippen molar-refractivity contribution in [3.05, 3.63) is 69.9 Å². The second-order valence-corrected chi connectivity index (χ2v) is 20.9. The molecule has 0 saturated carbocycles. The van der Waals surface area contributed by atoms with E-state index in [0.717, 1.165) is 42.2 Å². The summed E-state index contributed by atoms with van der Waals surface area (Å²) in [5.41, 5.74) is 52.2. The largest absolute Gasteiger partial charge is 0.490 e. The molecule has 42 heteroatoms. The van der Waals surface area contributed by atoms with Gasteiger partial charge in [0.2, 0.25) is 11.8 Å². The number of nitrogens with two attached hydrogens (primary N) is 5. The molecule has 556 valence electrons. The Morgan fingerprint density at radius 3 is 1.39 bits per heavy atom. The minimum Gasteiger partial charge on any atom is -0.481 e. The Morgan fingerprint density at radius 2 is 0.990 bits per heavy atom. The van der Waals surface area contributed by atoms with Crippen molar-refractivity contribution in [3.63, 3.8) is 0 Å². The van der Waals surface area contributed by atoms with Crippen LogP contribution in [0.1, 0.15) is 65.6 Å². The molecule has 102 heavy (non-hydrogen) atoms. The molecule has 0 unspecified atom stereocenters. The molecule has 0 fully saturated rings. The summed E-state index contributed by atoms with van der Waals surface area (Å²) in [5.74, 6) is -3.46. The number of benzene rings is 2. The minimum absolute atomic E-state index is 0.0296. The number of hydrogen-bond donors (Lipinski definition) is 9. The number of fused-ring (bicyclic) bond motifs is 4. The lowest BCUT2D eigenvalue weighted by Crippen LogP contribution is -2.28. The Kier molecular flexibility index (Phi) is 38.1. The Labute approximate surface area is 580 Å². The van der Waals surface area contributed by atoms with Crippen molar-refractivity contribution in [1.82, 2.24) is 60.1 Å². The van der Waals surface area contributed by atoms with Gasteiger partial charge in [0.15, 0.2) is 22.5 Å². The first-order valence-electron chi connectivity index (χ1n) is 32.2. The van der Waals surface area contributed by atoms with Crippen LogP contribution in [-0.2, 0) is 65.5 Å². The van der Waals surface area contributed by atoms with E-state index in [0.29, 0.717) is 200 Å². The maximum absolute atomic E-state index is 12.3. The highest BCUT2D eigenvalue weighted by Crippen LogP contribution is 2.34. The molecule has 0 bridgehead atoms. The fourth-order valence-corrected chi connectivity index (χ4v) is 8.81. The van der Waals surface area contributed by atoms with E-state index in [-0.39, 0.29) is 55.3 Å². The molecule has 0 saturated heterocycles. The number of rotatable bonds is 42. The average molecular weight is 1440 g/mol. The number of azide groups is 2. The normalized spacial score (nSPS) is 11.0. The number of carbonyl (C=O) groups is 5. The summed E-state index contributed by atoms with van der Waals surface area (Å²) in [6, 6.07) is 11.3. The zero-order chi connectivity index (χ0) is 75.2. The number of ketones is 1. The van der Waals surface area contributed by atoms with Gasteiger partial charge in [0.25, 0.3) is 12.0 Å². The monoisotopic (exact) mass is 1440 g/mol. The van der Waals surface area contributed by atoms with Crippen molar-refractivity contribution in [2.75, 3.05) is 142 Å². The minimum atomic E-state index is -5.08. The Bertz CT molecular complexity index is 4000. The molecule has 0 aliphatic carbocycles. The molecule has 2 aromatic carbocycles. The van der Waals surface area contributed by atoms with E-state index >= 15 is 0 Å². The predicted octanol–water partition coefficient (Wildman–Crippen LogP) is 6.27. The van der Waals surface area contributed by atoms with Gasteiger partial charge < -0.3 is 86.8 Å². The maximum atomic E-state index is 12.3. The van der Waals surface area contributed by atoms with E-state index in [9.17, 15) is 36.7 Å². The highest BCUT2D eigenvalue weighted by molar-refractivity contribution is 6.00. The van der Waals surface area contributed by atoms with Gasteiger partial charge in [0, 0.05) is 85.9 Å². The van der Waals surface area contributed by atoms with Gasteiger partial charge in [0.05, 0.1) is 105 Å². The number of aryl methyl sites for hydroxylation is 2. The number of unbranched alkanes of at least 4 members (excludes halogenated alkanes) is 3. The number of amides is 2. The van der Waals surface area contributed by atoms with Gasteiger partial charge in [-0.25, -0.2) is 34.1 Å². The Morgan fingerprint density at radius 1 is 0.588 bits per heavy atom. The number of nitrogens with zero attached hydrogens (tertiary/aromatic N) is 16. The molecule has 0 radical (unpaired) electrons. The summed E-state index contributed by atoms with van der Waals surface area (Å²) < 4.78 is 93.1. The van der Waals surface area contributed by atoms with Gasteiger partial charge in [-0.3, -0.25) is 23.6 Å². The summed E-state index contributed by atoms with van der Waals surface area (Å²) >= 11 is 0. The topological polar surface area (TPSA) is 572 Å². The molecule has 0 atom stereocenters. The molecule has 0 aliphatic heterocycles. The quantitative estimate of drug-likeness (QED) is 0.00669. The first-order chi connectivity index (χ1) is 49.6. The molecule has 38 nitrogen and oxygen atoms in total. The van der Waals surface area contributed by atoms with Crippen molar-refractivity contribution in [3.8, 4) is 22.5 Å². The number of ether oxygens (including phenoxy) is 6. The van der Waals surface area contributed by atoms with Gasteiger partial charge >= 0.3 is 18.1 Å². The number of carboxylic acid groups (broad SMARTS) is 2. The molecular formula is C60H83F4N23O15. The number of carbonyl (C=O) groups excluding carboxylic acids is 3. The summed E-state index contributed by atoms with van der Waals surface area (Å²) in [6.07, 6.45) is 2.48. The SMILES string of the molecule is NCCCCn1nc(-c2ccc3oc(N)nc3c2)c2c(N)ncnc21.O=C(O)C(F)(F)F.[2H]CF.[N-]=[N+]=NCCOCCOCCOCCNC(=O)CCC(=O)CCCCCn1nc(-c2ccc3oc(N)nc3c2)c2c(N)ncnc21.[N-]=[N+]=NCCOCCOCCOCCNC(=O)CCC(=O)O. The smallest absolute Gasteiger partial charge is 0.481 e. The van der Waals surface area contributed by atoms with E-state index in [4.69, 9.17) is 104 Å². The number of alkyl halides is 4. The lowest BCUT2D eigenvalue weighted by atomic mass is 10.1. The van der Waals surface area contributed by atoms with Crippen LogP contribution in [0.15, 0.2) is 68.1 Å². The molecule has 8 rings (SSSR count). The van der Waals surface area contributed by atoms with Crippen LogP contribution in [0.3, 0.4) is 0 Å². The number of nitrogens with one attached hydrogen (secondary N) is 2. The van der Waals surface area contributed by atoms with Crippen LogP contribution < -0.4 is 39.3 Å². The second-order valence-electron chi connectivity index (χ2n) is 20.9. The molecule has 6 heterocycles. The standard InChI is InChI=1S/C29H39N11O6.C16H18N8O.C12H22N4O6.C2HF3O2.CH3F/c30-27-25-26(20-5-7-23-22(18-20)37-29(31)46-23)38-40(28(25)35-19-34-27)11-3-1-2-4-21(41)6-8-24(42)33-9-12-43-14-16-45-17-15-44-13-10-36-39-32;17-5-1-2-6-24-15-12(14(18)20-8-21-15)13(23-24)9-3-4-11-10(7-9)22-16(19)25-11;13-16-15-4-6-21-8-10-22-9-7-20-5-3-14-11(17)1-2-12(18)19;3-2(4,5)1(6)7;1-2/h5,7,18-19H,1-4,6,8-17H2,(H2,31,37)(H,33,42)(H2,30,34,35);3-4,7-8H,1-2,5-6,17H2,(H2,19,22)(H2,18,20,21);1-10H2,(H,14,17)(H,18,19);(H,6,7);1H3/i;;;;1D. The van der Waals surface area contributed by atoms with E-state index in [2.05, 4.69) is 60.6 Å². The van der Waals surface area contributed by atoms with E-state index in [1.165, 1.54) is 12.7 Å². The van der Waals surface area contributed by atoms with Crippen LogP contribution >= 0.6 is 0 Å². The molecule has 0 aliphatic rings. The van der Waals surface area contributed by atoms with E-state index in [1.54, 1.807) is 10.7 Å². The number of oxazole rings is 2. The van der Waals surface area contributed by atoms with E-state index in [1.807, 2.05) is 35.0 Å². The van der Waals surface area contributed by atoms with Crippen molar-refractivity contribution in [2.45, 2.75) is 83.5 Å². The predicted molar refractivity (Wildman–Crippen MR) is 362 cm³/mol. The number of Topliss-reactive ketones (excluding diaryl/α,β-unsaturated/α-hetero) is 1. The van der Waals surface area contributed by atoms with Crippen molar-refractivity contribution in [2.24, 2.45) is 16.0 Å². The van der Waals surface area contributed by atoms with Gasteiger partial charge in [0.1, 0.15) is 52.5 Å². The summed E-state index contributed by atoms with van der Waals surface area (Å²) in [5, 5.41) is 38.4. The first kappa shape index (κ1) is 82.0. The van der Waals surface area contributed by atoms with Crippen LogP contribution in [0.4, 0.5) is 41.2 Å². The summed E-state index contributed by atoms with van der Waals surface area (Å²) in [6.45, 7) is 7.91. The fraction of sp³-hybridized carbons (Fsp3) is 0.517. The Balaban J connectivity index is 0.000000331. The zero-order valence-electron chi connectivity index (χ0n) is 56.6. The third kappa shape index (κ3) is 30.8. The van der Waals surface area contributed by atoms with Crippen molar-refractivity contribution in [1.29, 1.82) is 0 Å². The number of carboxylic acids is 2. The lowest BCUT2D eigenvalue weighted by molar-refractivity contribution is -0.192. The van der Waals surface area contributed by atoms with Gasteiger partial charge in [-0.2, -0.15) is 33.3 Å². The second kappa shape index (κ2) is 47.4. The van der Waals surface area contributed by atoms with Crippen LogP contribution in [0.25, 0.3) is 87.7 Å². The average Bonchev–Trinajstić information content (AvgIpc) is 1.63. The third-order valence-electron chi connectivity index (χ3n) is 13.5. The third-order valence-corrected chi connectivity index (χ3v) is 13.5. The van der Waals surface area contributed by atoms with Crippen LogP contribution in [0, 0.1) is 0 Å². The molecule has 6 aromatic heterocycles. The van der Waals surface area contributed by atoms with Gasteiger partial charge in [-0.1, -0.05) is 16.6 Å². The van der Waals surface area contributed by atoms with Crippen molar-refractivity contribution >= 4 is 97.5 Å². The fourth-order valence-electron chi connectivity index (χ4n) is 8.81. The highest BCUT2D eigenvalue weighted by Gasteiger charge is 2.38. The zero-order valence-corrected chi connectivity index (χ0v) is 55.6. The van der Waals surface area contributed by atoms with Gasteiger partial charge in [-0.05, 0) is 79.7 Å². The highest BCUT2D eigenvalue weighted by atomic mass is 19.4. The van der Waals surface area contributed by atoms with Crippen LogP contribution in [0.2, 0.25) is 0 Å². The number of anilines is 4. The van der Waals surface area contributed by atoms with Crippen molar-refractivity contribution < 1.29 is 90.4 Å². The number of aliphatic carboxylic acids is 2. The summed E-state index contributed by atoms with van der Waals surface area (Å²) in [7, 11) is -1.00. The molecule has 8 aromatic rings. The Hall–Kier alpha value is -10.7. The number of hydrogen-bond acceptors (Lipinski definition) is 28. The van der Waals surface area contributed by atoms with E-state index < -0.39 is 25.3 Å². The summed E-state index contributed by atoms with van der Waals surface area (Å²) in [4.78, 5) is 85.3. The molecular weight excluding hydrogens is 1360 g/mol. The van der Waals surface area contributed by atoms with Gasteiger partial charge in [-0.15, -0.1) is 0 Å². The molecule has 2 amide bonds. The number of nitrogen functional groups attached to an aromatic ring is 4. The first-order valence-corrected chi connectivity index (χ1v) is 31.5.